The van der Waals surface area contributed by atoms with Gasteiger partial charge in [0.2, 0.25) is 6.43 Å². The Morgan fingerprint density at radius 3 is 2.71 bits per heavy atom. The van der Waals surface area contributed by atoms with Gasteiger partial charge in [-0.2, -0.15) is 0 Å². The molecule has 0 spiro atoms. The number of aromatic nitrogens is 1. The molecule has 1 aromatic rings. The third kappa shape index (κ3) is 2.38. The van der Waals surface area contributed by atoms with Crippen molar-refractivity contribution in [1.29, 1.82) is 0 Å². The van der Waals surface area contributed by atoms with Gasteiger partial charge in [-0.05, 0) is 11.6 Å². The fraction of sp³-hybridized carbons (Fsp3) is 0.444. The van der Waals surface area contributed by atoms with E-state index in [1.807, 2.05) is 0 Å². The van der Waals surface area contributed by atoms with Gasteiger partial charge in [-0.15, -0.1) is 0 Å². The minimum atomic E-state index is -2.48. The molecule has 1 unspecified atom stereocenters. The van der Waals surface area contributed by atoms with Crippen LogP contribution >= 0.6 is 0 Å². The number of ether oxygens (including phenoxy) is 1. The predicted molar refractivity (Wildman–Crippen MR) is 48.6 cm³/mol. The van der Waals surface area contributed by atoms with Crippen molar-refractivity contribution in [3.63, 3.8) is 0 Å². The SMILES string of the molecule is COc1cncc(C(CN)C(F)F)c1. The first-order chi connectivity index (χ1) is 6.69. The van der Waals surface area contributed by atoms with Gasteiger partial charge in [0.25, 0.3) is 0 Å². The fourth-order valence-corrected chi connectivity index (χ4v) is 1.13. The molecule has 0 saturated heterocycles. The summed E-state index contributed by atoms with van der Waals surface area (Å²) in [5.74, 6) is -0.515. The molecule has 0 aliphatic heterocycles. The van der Waals surface area contributed by atoms with Crippen molar-refractivity contribution in [2.45, 2.75) is 12.3 Å². The Morgan fingerprint density at radius 1 is 1.50 bits per heavy atom. The monoisotopic (exact) mass is 202 g/mol. The van der Waals surface area contributed by atoms with E-state index >= 15 is 0 Å². The van der Waals surface area contributed by atoms with Crippen molar-refractivity contribution in [3.8, 4) is 5.75 Å². The summed E-state index contributed by atoms with van der Waals surface area (Å²) in [4.78, 5) is 3.79. The van der Waals surface area contributed by atoms with E-state index in [9.17, 15) is 8.78 Å². The van der Waals surface area contributed by atoms with E-state index in [1.54, 1.807) is 0 Å². The topological polar surface area (TPSA) is 48.1 Å². The van der Waals surface area contributed by atoms with Gasteiger partial charge >= 0.3 is 0 Å². The summed E-state index contributed by atoms with van der Waals surface area (Å²) in [6.07, 6.45) is 0.364. The van der Waals surface area contributed by atoms with E-state index < -0.39 is 12.3 Å². The number of nitrogens with zero attached hydrogens (tertiary/aromatic N) is 1. The Balaban J connectivity index is 2.92. The van der Waals surface area contributed by atoms with Gasteiger partial charge in [0.15, 0.2) is 0 Å². The molecule has 0 saturated carbocycles. The Morgan fingerprint density at radius 2 is 2.21 bits per heavy atom. The minimum absolute atomic E-state index is 0.105. The molecule has 5 heteroatoms. The second-order valence-electron chi connectivity index (χ2n) is 2.83. The number of hydrogen-bond donors (Lipinski definition) is 1. The molecule has 1 heterocycles. The maximum absolute atomic E-state index is 12.5. The molecule has 0 fully saturated rings. The summed E-state index contributed by atoms with van der Waals surface area (Å²) >= 11 is 0. The number of halogens is 2. The maximum atomic E-state index is 12.5. The van der Waals surface area contributed by atoms with E-state index in [-0.39, 0.29) is 6.54 Å². The molecule has 1 rings (SSSR count). The van der Waals surface area contributed by atoms with Crippen molar-refractivity contribution in [2.24, 2.45) is 5.73 Å². The highest BCUT2D eigenvalue weighted by Gasteiger charge is 2.21. The second-order valence-corrected chi connectivity index (χ2v) is 2.83. The normalized spacial score (nSPS) is 12.9. The smallest absolute Gasteiger partial charge is 0.246 e. The van der Waals surface area contributed by atoms with Crippen LogP contribution in [0.25, 0.3) is 0 Å². The van der Waals surface area contributed by atoms with Crippen LogP contribution in [0.15, 0.2) is 18.5 Å². The maximum Gasteiger partial charge on any atom is 0.246 e. The first kappa shape index (κ1) is 10.8. The zero-order valence-corrected chi connectivity index (χ0v) is 7.78. The molecule has 14 heavy (non-hydrogen) atoms. The van der Waals surface area contributed by atoms with Crippen LogP contribution in [0.3, 0.4) is 0 Å². The molecule has 0 amide bonds. The second kappa shape index (κ2) is 4.85. The average Bonchev–Trinajstić information content (AvgIpc) is 2.19. The quantitative estimate of drug-likeness (QED) is 0.802. The van der Waals surface area contributed by atoms with Crippen molar-refractivity contribution in [1.82, 2.24) is 4.98 Å². The van der Waals surface area contributed by atoms with Crippen LogP contribution in [-0.2, 0) is 0 Å². The third-order valence-corrected chi connectivity index (χ3v) is 1.96. The molecule has 0 aromatic carbocycles. The van der Waals surface area contributed by atoms with E-state index in [4.69, 9.17) is 10.5 Å². The van der Waals surface area contributed by atoms with E-state index in [1.165, 1.54) is 25.6 Å². The van der Waals surface area contributed by atoms with Crippen LogP contribution < -0.4 is 10.5 Å². The molecule has 0 bridgehead atoms. The lowest BCUT2D eigenvalue weighted by Crippen LogP contribution is -2.19. The molecule has 0 radical (unpaired) electrons. The molecule has 1 atom stereocenters. The Labute approximate surface area is 80.9 Å². The molecule has 0 aliphatic carbocycles. The fourth-order valence-electron chi connectivity index (χ4n) is 1.13. The lowest BCUT2D eigenvalue weighted by atomic mass is 10.0. The van der Waals surface area contributed by atoms with E-state index in [2.05, 4.69) is 4.98 Å². The Kier molecular flexibility index (Phi) is 3.76. The van der Waals surface area contributed by atoms with Gasteiger partial charge in [0.1, 0.15) is 5.75 Å². The third-order valence-electron chi connectivity index (χ3n) is 1.96. The van der Waals surface area contributed by atoms with Crippen LogP contribution in [-0.4, -0.2) is 25.1 Å². The number of pyridine rings is 1. The van der Waals surface area contributed by atoms with E-state index in [0.717, 1.165) is 0 Å². The summed E-state index contributed by atoms with van der Waals surface area (Å²) in [5.41, 5.74) is 5.65. The number of methoxy groups -OCH3 is 1. The number of rotatable bonds is 4. The molecule has 78 valence electrons. The summed E-state index contributed by atoms with van der Waals surface area (Å²) < 4.78 is 29.8. The lowest BCUT2D eigenvalue weighted by Gasteiger charge is -2.13. The van der Waals surface area contributed by atoms with Crippen molar-refractivity contribution >= 4 is 0 Å². The first-order valence-corrected chi connectivity index (χ1v) is 4.16. The minimum Gasteiger partial charge on any atom is -0.495 e. The van der Waals surface area contributed by atoms with E-state index in [0.29, 0.717) is 11.3 Å². The number of hydrogen-bond acceptors (Lipinski definition) is 3. The standard InChI is InChI=1S/C9H12F2N2O/c1-14-7-2-6(4-13-5-7)8(3-12)9(10)11/h2,4-5,8-9H,3,12H2,1H3. The van der Waals surface area contributed by atoms with Gasteiger partial charge in [-0.25, -0.2) is 8.78 Å². The highest BCUT2D eigenvalue weighted by molar-refractivity contribution is 5.26. The zero-order valence-electron chi connectivity index (χ0n) is 7.78. The van der Waals surface area contributed by atoms with Gasteiger partial charge in [0, 0.05) is 12.7 Å². The highest BCUT2D eigenvalue weighted by Crippen LogP contribution is 2.24. The zero-order chi connectivity index (χ0) is 10.6. The van der Waals surface area contributed by atoms with Gasteiger partial charge in [0.05, 0.1) is 19.2 Å². The molecule has 0 aliphatic rings. The first-order valence-electron chi connectivity index (χ1n) is 4.16. The van der Waals surface area contributed by atoms with Crippen LogP contribution in [0.2, 0.25) is 0 Å². The predicted octanol–water partition coefficient (Wildman–Crippen LogP) is 1.40. The molecule has 2 N–H and O–H groups in total. The largest absolute Gasteiger partial charge is 0.495 e. The van der Waals surface area contributed by atoms with Gasteiger partial charge in [-0.3, -0.25) is 4.98 Å². The molecule has 3 nitrogen and oxygen atoms in total. The van der Waals surface area contributed by atoms with Crippen molar-refractivity contribution in [3.05, 3.63) is 24.0 Å². The van der Waals surface area contributed by atoms with Gasteiger partial charge in [-0.1, -0.05) is 0 Å². The Hall–Kier alpha value is -1.23. The van der Waals surface area contributed by atoms with Crippen LogP contribution in [0.1, 0.15) is 11.5 Å². The van der Waals surface area contributed by atoms with Crippen LogP contribution in [0.5, 0.6) is 5.75 Å². The Bertz CT molecular complexity index is 294. The van der Waals surface area contributed by atoms with Crippen molar-refractivity contribution in [2.75, 3.05) is 13.7 Å². The lowest BCUT2D eigenvalue weighted by molar-refractivity contribution is 0.117. The van der Waals surface area contributed by atoms with Crippen molar-refractivity contribution < 1.29 is 13.5 Å². The van der Waals surface area contributed by atoms with Crippen LogP contribution in [0, 0.1) is 0 Å². The highest BCUT2D eigenvalue weighted by atomic mass is 19.3. The summed E-state index contributed by atoms with van der Waals surface area (Å²) in [6.45, 7) is -0.105. The van der Waals surface area contributed by atoms with Gasteiger partial charge < -0.3 is 10.5 Å². The molecular formula is C9H12F2N2O. The summed E-state index contributed by atoms with van der Waals surface area (Å²) in [6, 6.07) is 1.52. The van der Waals surface area contributed by atoms with Crippen LogP contribution in [0.4, 0.5) is 8.78 Å². The molecule has 1 aromatic heterocycles. The summed E-state index contributed by atoms with van der Waals surface area (Å²) in [5, 5.41) is 0. The summed E-state index contributed by atoms with van der Waals surface area (Å²) in [7, 11) is 1.46. The number of alkyl halides is 2. The average molecular weight is 202 g/mol. The number of nitrogens with two attached hydrogens (primary N) is 1. The molecular weight excluding hydrogens is 190 g/mol.